The van der Waals surface area contributed by atoms with E-state index in [-0.39, 0.29) is 12.5 Å². The summed E-state index contributed by atoms with van der Waals surface area (Å²) in [4.78, 5) is 23.2. The van der Waals surface area contributed by atoms with Crippen LogP contribution in [0.5, 0.6) is 0 Å². The van der Waals surface area contributed by atoms with Gasteiger partial charge in [0.2, 0.25) is 0 Å². The maximum Gasteiger partial charge on any atom is 0.311 e. The molecule has 1 saturated carbocycles. The summed E-state index contributed by atoms with van der Waals surface area (Å²) >= 11 is 0. The summed E-state index contributed by atoms with van der Waals surface area (Å²) in [6, 6.07) is 0. The number of aliphatic carboxylic acids is 1. The van der Waals surface area contributed by atoms with Gasteiger partial charge in [-0.1, -0.05) is 6.42 Å². The fourth-order valence-corrected chi connectivity index (χ4v) is 2.29. The molecule has 18 heavy (non-hydrogen) atoms. The minimum atomic E-state index is -0.824. The number of hydrogen-bond acceptors (Lipinski definition) is 3. The number of carbonyl (C=O) groups excluding carboxylic acids is 1. The second-order valence-electron chi connectivity index (χ2n) is 4.93. The first-order valence-corrected chi connectivity index (χ1v) is 5.99. The molecule has 0 unspecified atom stereocenters. The number of carboxylic acids is 1. The molecule has 1 amide bonds. The third kappa shape index (κ3) is 1.98. The van der Waals surface area contributed by atoms with Crippen LogP contribution >= 0.6 is 0 Å². The van der Waals surface area contributed by atoms with Gasteiger partial charge in [-0.2, -0.15) is 5.10 Å². The highest BCUT2D eigenvalue weighted by molar-refractivity contribution is 5.96. The lowest BCUT2D eigenvalue weighted by molar-refractivity contribution is -0.153. The number of nitrogens with zero attached hydrogens (tertiary/aromatic N) is 1. The van der Waals surface area contributed by atoms with Crippen molar-refractivity contribution in [2.75, 3.05) is 6.54 Å². The van der Waals surface area contributed by atoms with Gasteiger partial charge in [-0.05, 0) is 26.7 Å². The number of H-pyrrole nitrogens is 1. The molecular formula is C12H17N3O3. The fraction of sp³-hybridized carbons (Fsp3) is 0.583. The van der Waals surface area contributed by atoms with Crippen LogP contribution in [0.4, 0.5) is 0 Å². The number of rotatable bonds is 4. The Hall–Kier alpha value is -1.85. The molecule has 0 saturated heterocycles. The van der Waals surface area contributed by atoms with Gasteiger partial charge in [-0.15, -0.1) is 0 Å². The zero-order valence-electron chi connectivity index (χ0n) is 10.5. The van der Waals surface area contributed by atoms with Gasteiger partial charge in [-0.3, -0.25) is 14.7 Å². The van der Waals surface area contributed by atoms with Gasteiger partial charge in [0.25, 0.3) is 5.91 Å². The molecule has 3 N–H and O–H groups in total. The smallest absolute Gasteiger partial charge is 0.311 e. The van der Waals surface area contributed by atoms with Crippen LogP contribution in [0.3, 0.4) is 0 Å². The molecule has 0 aliphatic heterocycles. The highest BCUT2D eigenvalue weighted by atomic mass is 16.4. The molecule has 2 rings (SSSR count). The second-order valence-corrected chi connectivity index (χ2v) is 4.93. The number of nitrogens with one attached hydrogen (secondary N) is 2. The summed E-state index contributed by atoms with van der Waals surface area (Å²) in [5.41, 5.74) is 1.07. The molecule has 1 aromatic heterocycles. The quantitative estimate of drug-likeness (QED) is 0.744. The number of carbonyl (C=O) groups is 2. The van der Waals surface area contributed by atoms with Crippen LogP contribution in [0.15, 0.2) is 0 Å². The zero-order chi connectivity index (χ0) is 13.3. The number of aryl methyl sites for hydroxylation is 2. The number of amides is 1. The minimum absolute atomic E-state index is 0.186. The zero-order valence-corrected chi connectivity index (χ0v) is 10.5. The highest BCUT2D eigenvalue weighted by Gasteiger charge is 2.44. The monoisotopic (exact) mass is 251 g/mol. The van der Waals surface area contributed by atoms with Crippen molar-refractivity contribution in [3.05, 3.63) is 17.0 Å². The van der Waals surface area contributed by atoms with Crippen molar-refractivity contribution in [2.45, 2.75) is 33.1 Å². The molecule has 98 valence electrons. The van der Waals surface area contributed by atoms with Crippen LogP contribution < -0.4 is 5.32 Å². The summed E-state index contributed by atoms with van der Waals surface area (Å²) in [5.74, 6) is -1.08. The molecule has 0 spiro atoms. The Morgan fingerprint density at radius 2 is 2.11 bits per heavy atom. The molecule has 0 radical (unpaired) electrons. The molecule has 6 heteroatoms. The van der Waals surface area contributed by atoms with Crippen LogP contribution in [-0.4, -0.2) is 33.7 Å². The summed E-state index contributed by atoms with van der Waals surface area (Å²) in [6.07, 6.45) is 2.17. The molecule has 1 aromatic rings. The predicted octanol–water partition coefficient (Wildman–Crippen LogP) is 1.01. The largest absolute Gasteiger partial charge is 0.481 e. The van der Waals surface area contributed by atoms with E-state index in [4.69, 9.17) is 5.11 Å². The molecular weight excluding hydrogens is 234 g/mol. The topological polar surface area (TPSA) is 95.1 Å². The molecule has 0 aromatic carbocycles. The van der Waals surface area contributed by atoms with E-state index < -0.39 is 11.4 Å². The van der Waals surface area contributed by atoms with Crippen LogP contribution in [-0.2, 0) is 4.79 Å². The second kappa shape index (κ2) is 4.44. The van der Waals surface area contributed by atoms with Gasteiger partial charge in [0.05, 0.1) is 16.7 Å². The summed E-state index contributed by atoms with van der Waals surface area (Å²) in [7, 11) is 0. The SMILES string of the molecule is Cc1n[nH]c(C)c1C(=O)NCC1(C(=O)O)CCC1. The van der Waals surface area contributed by atoms with E-state index in [2.05, 4.69) is 15.5 Å². The van der Waals surface area contributed by atoms with Crippen LogP contribution in [0.1, 0.15) is 41.0 Å². The van der Waals surface area contributed by atoms with E-state index >= 15 is 0 Å². The van der Waals surface area contributed by atoms with Gasteiger partial charge < -0.3 is 10.4 Å². The third-order valence-corrected chi connectivity index (χ3v) is 3.71. The van der Waals surface area contributed by atoms with Gasteiger partial charge in [-0.25, -0.2) is 0 Å². The predicted molar refractivity (Wildman–Crippen MR) is 64.3 cm³/mol. The Balaban J connectivity index is 2.03. The standard InChI is InChI=1S/C12H17N3O3/c1-7-9(8(2)15-14-7)10(16)13-6-12(11(17)18)4-3-5-12/h3-6H2,1-2H3,(H,13,16)(H,14,15)(H,17,18). The Morgan fingerprint density at radius 3 is 2.50 bits per heavy atom. The van der Waals surface area contributed by atoms with Crippen molar-refractivity contribution in [1.29, 1.82) is 0 Å². The Kier molecular flexibility index (Phi) is 3.11. The summed E-state index contributed by atoms with van der Waals surface area (Å²) in [5, 5.41) is 18.6. The van der Waals surface area contributed by atoms with E-state index in [0.29, 0.717) is 29.8 Å². The average molecular weight is 251 g/mol. The third-order valence-electron chi connectivity index (χ3n) is 3.71. The molecule has 6 nitrogen and oxygen atoms in total. The van der Waals surface area contributed by atoms with Crippen molar-refractivity contribution in [2.24, 2.45) is 5.41 Å². The average Bonchev–Trinajstić information content (AvgIpc) is 2.56. The van der Waals surface area contributed by atoms with Gasteiger partial charge in [0.15, 0.2) is 0 Å². The Labute approximate surface area is 105 Å². The van der Waals surface area contributed by atoms with E-state index in [9.17, 15) is 9.59 Å². The van der Waals surface area contributed by atoms with Crippen molar-refractivity contribution in [1.82, 2.24) is 15.5 Å². The summed E-state index contributed by atoms with van der Waals surface area (Å²) in [6.45, 7) is 3.70. The number of aromatic amines is 1. The summed E-state index contributed by atoms with van der Waals surface area (Å²) < 4.78 is 0. The minimum Gasteiger partial charge on any atom is -0.481 e. The van der Waals surface area contributed by atoms with Crippen LogP contribution in [0.25, 0.3) is 0 Å². The molecule has 1 fully saturated rings. The number of hydrogen-bond donors (Lipinski definition) is 3. The lowest BCUT2D eigenvalue weighted by Crippen LogP contribution is -2.47. The van der Waals surface area contributed by atoms with E-state index in [1.54, 1.807) is 13.8 Å². The first-order chi connectivity index (χ1) is 8.46. The molecule has 1 aliphatic carbocycles. The molecule has 1 heterocycles. The van der Waals surface area contributed by atoms with Crippen molar-refractivity contribution in [3.63, 3.8) is 0 Å². The number of carboxylic acid groups (broad SMARTS) is 1. The van der Waals surface area contributed by atoms with E-state index in [0.717, 1.165) is 6.42 Å². The first kappa shape index (κ1) is 12.6. The van der Waals surface area contributed by atoms with Gasteiger partial charge >= 0.3 is 5.97 Å². The van der Waals surface area contributed by atoms with Crippen LogP contribution in [0.2, 0.25) is 0 Å². The molecule has 0 bridgehead atoms. The lowest BCUT2D eigenvalue weighted by Gasteiger charge is -2.37. The van der Waals surface area contributed by atoms with Gasteiger partial charge in [0, 0.05) is 12.2 Å². The maximum atomic E-state index is 12.0. The normalized spacial score (nSPS) is 17.0. The van der Waals surface area contributed by atoms with Crippen molar-refractivity contribution < 1.29 is 14.7 Å². The Bertz CT molecular complexity index is 469. The lowest BCUT2D eigenvalue weighted by atomic mass is 9.69. The van der Waals surface area contributed by atoms with E-state index in [1.165, 1.54) is 0 Å². The number of aromatic nitrogens is 2. The first-order valence-electron chi connectivity index (χ1n) is 5.99. The van der Waals surface area contributed by atoms with Crippen LogP contribution in [0, 0.1) is 19.3 Å². The fourth-order valence-electron chi connectivity index (χ4n) is 2.29. The van der Waals surface area contributed by atoms with E-state index in [1.807, 2.05) is 0 Å². The Morgan fingerprint density at radius 1 is 1.44 bits per heavy atom. The van der Waals surface area contributed by atoms with Gasteiger partial charge in [0.1, 0.15) is 0 Å². The van der Waals surface area contributed by atoms with Crippen molar-refractivity contribution in [3.8, 4) is 0 Å². The molecule has 0 atom stereocenters. The maximum absolute atomic E-state index is 12.0. The highest BCUT2D eigenvalue weighted by Crippen LogP contribution is 2.40. The molecule has 1 aliphatic rings. The van der Waals surface area contributed by atoms with Crippen molar-refractivity contribution >= 4 is 11.9 Å².